The molecule has 0 saturated heterocycles. The molecule has 31 heavy (non-hydrogen) atoms. The van der Waals surface area contributed by atoms with Crippen molar-refractivity contribution < 1.29 is 22.7 Å². The first-order valence-corrected chi connectivity index (χ1v) is 11.6. The zero-order valence-corrected chi connectivity index (χ0v) is 18.7. The van der Waals surface area contributed by atoms with E-state index in [4.69, 9.17) is 17.0 Å². The predicted molar refractivity (Wildman–Crippen MR) is 122 cm³/mol. The van der Waals surface area contributed by atoms with Crippen molar-refractivity contribution in [3.05, 3.63) is 60.2 Å². The van der Waals surface area contributed by atoms with Crippen LogP contribution in [0.4, 0.5) is 5.69 Å². The maximum absolute atomic E-state index is 12.4. The Balaban J connectivity index is 1.82. The van der Waals surface area contributed by atoms with E-state index < -0.39 is 21.9 Å². The summed E-state index contributed by atoms with van der Waals surface area (Å²) in [6.45, 7) is 2.40. The van der Waals surface area contributed by atoms with Gasteiger partial charge < -0.3 is 15.4 Å². The zero-order chi connectivity index (χ0) is 22.7. The molecule has 0 spiro atoms. The normalized spacial score (nSPS) is 10.9. The van der Waals surface area contributed by atoms with Gasteiger partial charge in [0, 0.05) is 18.7 Å². The molecule has 0 aliphatic carbocycles. The van der Waals surface area contributed by atoms with Gasteiger partial charge in [-0.1, -0.05) is 37.3 Å². The molecule has 1 amide bonds. The van der Waals surface area contributed by atoms with Gasteiger partial charge in [-0.15, -0.1) is 0 Å². The molecule has 166 valence electrons. The minimum absolute atomic E-state index is 0.0308. The third-order valence-electron chi connectivity index (χ3n) is 4.01. The van der Waals surface area contributed by atoms with E-state index in [-0.39, 0.29) is 29.4 Å². The van der Waals surface area contributed by atoms with Crippen LogP contribution >= 0.6 is 12.2 Å². The lowest BCUT2D eigenvalue weighted by molar-refractivity contribution is -0.144. The lowest BCUT2D eigenvalue weighted by Gasteiger charge is -2.11. The molecule has 2 aromatic carbocycles. The summed E-state index contributed by atoms with van der Waals surface area (Å²) in [6, 6.07) is 15.1. The van der Waals surface area contributed by atoms with E-state index in [1.54, 1.807) is 0 Å². The molecular formula is C21H25N3O5S2. The monoisotopic (exact) mass is 463 g/mol. The van der Waals surface area contributed by atoms with Crippen LogP contribution in [0.3, 0.4) is 0 Å². The van der Waals surface area contributed by atoms with Gasteiger partial charge in [0.25, 0.3) is 0 Å². The molecular weight excluding hydrogens is 438 g/mol. The van der Waals surface area contributed by atoms with Gasteiger partial charge in [-0.2, -0.15) is 0 Å². The molecule has 8 nitrogen and oxygen atoms in total. The van der Waals surface area contributed by atoms with E-state index in [1.165, 1.54) is 24.3 Å². The van der Waals surface area contributed by atoms with Crippen molar-refractivity contribution in [3.63, 3.8) is 0 Å². The van der Waals surface area contributed by atoms with Gasteiger partial charge >= 0.3 is 5.97 Å². The topological polar surface area (TPSA) is 114 Å². The number of amides is 1. The molecule has 0 radical (unpaired) electrons. The van der Waals surface area contributed by atoms with Gasteiger partial charge in [0.1, 0.15) is 0 Å². The number of thiocarbonyl (C=S) groups is 1. The maximum atomic E-state index is 12.4. The summed E-state index contributed by atoms with van der Waals surface area (Å²) in [5.74, 6) is -0.858. The summed E-state index contributed by atoms with van der Waals surface area (Å²) < 4.78 is 32.3. The predicted octanol–water partition coefficient (Wildman–Crippen LogP) is 2.71. The Morgan fingerprint density at radius 3 is 2.32 bits per heavy atom. The first-order valence-electron chi connectivity index (χ1n) is 9.70. The highest BCUT2D eigenvalue weighted by molar-refractivity contribution is 7.89. The Morgan fingerprint density at radius 1 is 1.00 bits per heavy atom. The molecule has 0 aromatic heterocycles. The van der Waals surface area contributed by atoms with Crippen LogP contribution in [0.2, 0.25) is 0 Å². The number of rotatable bonds is 10. The fourth-order valence-corrected chi connectivity index (χ4v) is 3.68. The van der Waals surface area contributed by atoms with Gasteiger partial charge in [0.2, 0.25) is 15.9 Å². The van der Waals surface area contributed by atoms with Crippen molar-refractivity contribution in [3.8, 4) is 0 Å². The van der Waals surface area contributed by atoms with Crippen molar-refractivity contribution in [2.75, 3.05) is 11.9 Å². The van der Waals surface area contributed by atoms with Crippen molar-refractivity contribution in [2.45, 2.75) is 37.6 Å². The highest BCUT2D eigenvalue weighted by Crippen LogP contribution is 2.14. The van der Waals surface area contributed by atoms with Gasteiger partial charge in [0.15, 0.2) is 5.11 Å². The molecule has 0 atom stereocenters. The highest BCUT2D eigenvalue weighted by atomic mass is 32.2. The van der Waals surface area contributed by atoms with Crippen molar-refractivity contribution in [1.82, 2.24) is 10.0 Å². The third-order valence-corrected chi connectivity index (χ3v) is 5.63. The lowest BCUT2D eigenvalue weighted by atomic mass is 10.2. The number of carbonyl (C=O) groups is 2. The van der Waals surface area contributed by atoms with Crippen LogP contribution < -0.4 is 15.4 Å². The van der Waals surface area contributed by atoms with E-state index in [0.29, 0.717) is 12.3 Å². The molecule has 0 saturated carbocycles. The van der Waals surface area contributed by atoms with Crippen molar-refractivity contribution in [2.24, 2.45) is 0 Å². The standard InChI is InChI=1S/C21H25N3O5S2/c1-2-14-29-20(26)13-12-19(25)24-21(30)23-17-8-10-18(11-9-17)31(27,28)22-15-16-6-4-3-5-7-16/h3-11,22H,2,12-15H2,1H3,(H2,23,24,25,30). The largest absolute Gasteiger partial charge is 0.466 e. The first-order chi connectivity index (χ1) is 14.8. The molecule has 0 unspecified atom stereocenters. The molecule has 3 N–H and O–H groups in total. The summed E-state index contributed by atoms with van der Waals surface area (Å²) in [5, 5.41) is 5.31. The fourth-order valence-electron chi connectivity index (χ4n) is 2.43. The molecule has 0 aliphatic heterocycles. The van der Waals surface area contributed by atoms with E-state index in [1.807, 2.05) is 37.3 Å². The Bertz CT molecular complexity index is 993. The average Bonchev–Trinajstić information content (AvgIpc) is 2.76. The zero-order valence-electron chi connectivity index (χ0n) is 17.1. The molecule has 2 aromatic rings. The number of ether oxygens (including phenoxy) is 1. The Labute approximate surface area is 187 Å². The number of benzene rings is 2. The van der Waals surface area contributed by atoms with Gasteiger partial charge in [0.05, 0.1) is 17.9 Å². The minimum Gasteiger partial charge on any atom is -0.466 e. The van der Waals surface area contributed by atoms with Crippen LogP contribution in [0.15, 0.2) is 59.5 Å². The van der Waals surface area contributed by atoms with Crippen LogP contribution in [-0.4, -0.2) is 32.0 Å². The van der Waals surface area contributed by atoms with Crippen LogP contribution in [0.5, 0.6) is 0 Å². The lowest BCUT2D eigenvalue weighted by Crippen LogP contribution is -2.34. The second-order valence-corrected chi connectivity index (χ2v) is 8.73. The highest BCUT2D eigenvalue weighted by Gasteiger charge is 2.14. The second kappa shape index (κ2) is 12.1. The van der Waals surface area contributed by atoms with E-state index >= 15 is 0 Å². The molecule has 0 heterocycles. The van der Waals surface area contributed by atoms with Crippen LogP contribution in [-0.2, 0) is 30.9 Å². The Kier molecular flexibility index (Phi) is 9.57. The van der Waals surface area contributed by atoms with Crippen LogP contribution in [0.25, 0.3) is 0 Å². The number of anilines is 1. The minimum atomic E-state index is -3.67. The summed E-state index contributed by atoms with van der Waals surface area (Å²) >= 11 is 5.07. The second-order valence-electron chi connectivity index (χ2n) is 6.56. The summed E-state index contributed by atoms with van der Waals surface area (Å²) in [4.78, 5) is 23.4. The van der Waals surface area contributed by atoms with E-state index in [0.717, 1.165) is 12.0 Å². The van der Waals surface area contributed by atoms with Crippen LogP contribution in [0, 0.1) is 0 Å². The molecule has 0 aliphatic rings. The van der Waals surface area contributed by atoms with Gasteiger partial charge in [-0.05, 0) is 48.5 Å². The Morgan fingerprint density at radius 2 is 1.68 bits per heavy atom. The summed E-state index contributed by atoms with van der Waals surface area (Å²) in [6.07, 6.45) is 0.640. The smallest absolute Gasteiger partial charge is 0.306 e. The molecule has 10 heteroatoms. The molecule has 0 fully saturated rings. The SMILES string of the molecule is CCCOC(=O)CCC(=O)NC(=S)Nc1ccc(S(=O)(=O)NCc2ccccc2)cc1. The number of carbonyl (C=O) groups excluding carboxylic acids is 2. The van der Waals surface area contributed by atoms with Crippen molar-refractivity contribution in [1.29, 1.82) is 0 Å². The first kappa shape index (κ1) is 24.4. The van der Waals surface area contributed by atoms with E-state index in [9.17, 15) is 18.0 Å². The van der Waals surface area contributed by atoms with E-state index in [2.05, 4.69) is 15.4 Å². The maximum Gasteiger partial charge on any atom is 0.306 e. The quantitative estimate of drug-likeness (QED) is 0.367. The van der Waals surface area contributed by atoms with Gasteiger partial charge in [-0.3, -0.25) is 9.59 Å². The Hall–Kier alpha value is -2.82. The third kappa shape index (κ3) is 8.83. The number of sulfonamides is 1. The van der Waals surface area contributed by atoms with Crippen molar-refractivity contribution >= 4 is 44.9 Å². The average molecular weight is 464 g/mol. The fraction of sp³-hybridized carbons (Fsp3) is 0.286. The van der Waals surface area contributed by atoms with Gasteiger partial charge in [-0.25, -0.2) is 13.1 Å². The van der Waals surface area contributed by atoms with Crippen LogP contribution in [0.1, 0.15) is 31.7 Å². The molecule has 2 rings (SSSR count). The summed E-state index contributed by atoms with van der Waals surface area (Å²) in [5.41, 5.74) is 1.36. The number of hydrogen-bond donors (Lipinski definition) is 3. The summed E-state index contributed by atoms with van der Waals surface area (Å²) in [7, 11) is -3.67. The number of esters is 1. The molecule has 0 bridgehead atoms. The number of hydrogen-bond acceptors (Lipinski definition) is 6. The number of nitrogens with one attached hydrogen (secondary N) is 3.